The molecule has 0 N–H and O–H groups in total. The van der Waals surface area contributed by atoms with E-state index in [0.717, 1.165) is 26.2 Å². The van der Waals surface area contributed by atoms with Crippen molar-refractivity contribution < 1.29 is 4.79 Å². The Bertz CT molecular complexity index is 390. The molecule has 0 saturated carbocycles. The Labute approximate surface area is 123 Å². The van der Waals surface area contributed by atoms with Crippen LogP contribution >= 0.6 is 0 Å². The fourth-order valence-corrected chi connectivity index (χ4v) is 2.12. The number of carbonyl (C=O) groups is 1. The Hall–Kier alpha value is -1.55. The Balaban J connectivity index is 2.36. The summed E-state index contributed by atoms with van der Waals surface area (Å²) in [5.41, 5.74) is 1.20. The minimum absolute atomic E-state index is 0.208. The molecule has 0 radical (unpaired) electrons. The molecule has 0 aromatic heterocycles. The molecule has 0 saturated heterocycles. The summed E-state index contributed by atoms with van der Waals surface area (Å²) in [4.78, 5) is 18.2. The minimum atomic E-state index is 0.208. The molecule has 4 nitrogen and oxygen atoms in total. The zero-order valence-electron chi connectivity index (χ0n) is 13.2. The van der Waals surface area contributed by atoms with Crippen molar-refractivity contribution in [2.45, 2.75) is 13.8 Å². The number of hydrogen-bond acceptors (Lipinski definition) is 3. The highest BCUT2D eigenvalue weighted by molar-refractivity contribution is 5.78. The van der Waals surface area contributed by atoms with Crippen molar-refractivity contribution in [3.8, 4) is 0 Å². The van der Waals surface area contributed by atoms with Gasteiger partial charge in [-0.2, -0.15) is 0 Å². The lowest BCUT2D eigenvalue weighted by atomic mass is 10.3. The molecule has 0 atom stereocenters. The van der Waals surface area contributed by atoms with Crippen LogP contribution in [0.1, 0.15) is 13.8 Å². The molecule has 0 aliphatic rings. The molecule has 0 heterocycles. The van der Waals surface area contributed by atoms with E-state index in [0.29, 0.717) is 6.54 Å². The first-order chi connectivity index (χ1) is 9.58. The zero-order chi connectivity index (χ0) is 15.0. The first kappa shape index (κ1) is 16.5. The summed E-state index contributed by atoms with van der Waals surface area (Å²) in [6.07, 6.45) is 0. The molecule has 0 aliphatic carbocycles. The minimum Gasteiger partial charge on any atom is -0.373 e. The number of para-hydroxylation sites is 1. The average Bonchev–Trinajstić information content (AvgIpc) is 2.47. The third-order valence-corrected chi connectivity index (χ3v) is 3.54. The van der Waals surface area contributed by atoms with E-state index in [1.54, 1.807) is 0 Å². The van der Waals surface area contributed by atoms with Gasteiger partial charge in [0.2, 0.25) is 5.91 Å². The molecule has 1 aromatic rings. The normalized spacial score (nSPS) is 10.7. The summed E-state index contributed by atoms with van der Waals surface area (Å²) < 4.78 is 0. The molecule has 1 rings (SSSR count). The third-order valence-electron chi connectivity index (χ3n) is 3.54. The number of amides is 1. The van der Waals surface area contributed by atoms with Crippen molar-refractivity contribution in [1.82, 2.24) is 9.80 Å². The van der Waals surface area contributed by atoms with Crippen LogP contribution in [0.4, 0.5) is 5.69 Å². The van der Waals surface area contributed by atoms with Crippen molar-refractivity contribution >= 4 is 11.6 Å². The topological polar surface area (TPSA) is 26.8 Å². The molecule has 0 fully saturated rings. The lowest BCUT2D eigenvalue weighted by Crippen LogP contribution is -2.41. The van der Waals surface area contributed by atoms with E-state index < -0.39 is 0 Å². The highest BCUT2D eigenvalue weighted by Gasteiger charge is 2.12. The predicted octanol–water partition coefficient (Wildman–Crippen LogP) is 1.92. The Morgan fingerprint density at radius 2 is 1.60 bits per heavy atom. The van der Waals surface area contributed by atoms with Gasteiger partial charge in [0.05, 0.1) is 6.54 Å². The summed E-state index contributed by atoms with van der Waals surface area (Å²) in [7, 11) is 4.08. The quantitative estimate of drug-likeness (QED) is 0.726. The number of benzene rings is 1. The van der Waals surface area contributed by atoms with Crippen LogP contribution < -0.4 is 4.90 Å². The van der Waals surface area contributed by atoms with Gasteiger partial charge in [0.1, 0.15) is 0 Å². The molecule has 0 aliphatic heterocycles. The van der Waals surface area contributed by atoms with Gasteiger partial charge in [0.15, 0.2) is 0 Å². The number of anilines is 1. The first-order valence-corrected chi connectivity index (χ1v) is 7.31. The molecule has 0 unspecified atom stereocenters. The average molecular weight is 277 g/mol. The van der Waals surface area contributed by atoms with Crippen LogP contribution in [0, 0.1) is 0 Å². The SMILES string of the molecule is CCN(CC)C(=O)CN(C)CCN(C)c1ccccc1. The number of likely N-dealkylation sites (N-methyl/N-ethyl adjacent to an activating group) is 3. The molecule has 1 amide bonds. The fourth-order valence-electron chi connectivity index (χ4n) is 2.12. The second-order valence-corrected chi connectivity index (χ2v) is 5.06. The summed E-state index contributed by atoms with van der Waals surface area (Å²) in [5, 5.41) is 0. The van der Waals surface area contributed by atoms with Gasteiger partial charge in [0, 0.05) is 38.9 Å². The highest BCUT2D eigenvalue weighted by atomic mass is 16.2. The molecule has 112 valence electrons. The second kappa shape index (κ2) is 8.59. The van der Waals surface area contributed by atoms with Crippen LogP contribution in [0.3, 0.4) is 0 Å². The van der Waals surface area contributed by atoms with E-state index in [4.69, 9.17) is 0 Å². The maximum atomic E-state index is 12.0. The van der Waals surface area contributed by atoms with Crippen LogP contribution in [-0.4, -0.2) is 62.5 Å². The summed E-state index contributed by atoms with van der Waals surface area (Å²) in [6, 6.07) is 10.3. The smallest absolute Gasteiger partial charge is 0.236 e. The van der Waals surface area contributed by atoms with E-state index in [2.05, 4.69) is 29.0 Å². The Morgan fingerprint density at radius 1 is 1.00 bits per heavy atom. The van der Waals surface area contributed by atoms with E-state index >= 15 is 0 Å². The van der Waals surface area contributed by atoms with Crippen molar-refractivity contribution in [2.75, 3.05) is 51.7 Å². The monoisotopic (exact) mass is 277 g/mol. The maximum Gasteiger partial charge on any atom is 0.236 e. The highest BCUT2D eigenvalue weighted by Crippen LogP contribution is 2.10. The van der Waals surface area contributed by atoms with Crippen molar-refractivity contribution in [3.05, 3.63) is 30.3 Å². The third kappa shape index (κ3) is 5.21. The van der Waals surface area contributed by atoms with Gasteiger partial charge in [-0.1, -0.05) is 18.2 Å². The Morgan fingerprint density at radius 3 is 2.15 bits per heavy atom. The van der Waals surface area contributed by atoms with Crippen LogP contribution in [0.25, 0.3) is 0 Å². The van der Waals surface area contributed by atoms with Gasteiger partial charge < -0.3 is 9.80 Å². The van der Waals surface area contributed by atoms with Gasteiger partial charge in [-0.15, -0.1) is 0 Å². The molecule has 4 heteroatoms. The van der Waals surface area contributed by atoms with Crippen LogP contribution in [0.15, 0.2) is 30.3 Å². The number of nitrogens with zero attached hydrogens (tertiary/aromatic N) is 3. The van der Waals surface area contributed by atoms with Crippen molar-refractivity contribution in [2.24, 2.45) is 0 Å². The van der Waals surface area contributed by atoms with Gasteiger partial charge in [0.25, 0.3) is 0 Å². The first-order valence-electron chi connectivity index (χ1n) is 7.31. The number of carbonyl (C=O) groups excluding carboxylic acids is 1. The standard InChI is InChI=1S/C16H27N3O/c1-5-19(6-2)16(20)14-17(3)12-13-18(4)15-10-8-7-9-11-15/h7-11H,5-6,12-14H2,1-4H3. The summed E-state index contributed by atoms with van der Waals surface area (Å²) >= 11 is 0. The molecular weight excluding hydrogens is 250 g/mol. The lowest BCUT2D eigenvalue weighted by Gasteiger charge is -2.25. The largest absolute Gasteiger partial charge is 0.373 e. The molecule has 0 spiro atoms. The second-order valence-electron chi connectivity index (χ2n) is 5.06. The molecule has 20 heavy (non-hydrogen) atoms. The van der Waals surface area contributed by atoms with E-state index in [-0.39, 0.29) is 5.91 Å². The van der Waals surface area contributed by atoms with E-state index in [1.165, 1.54) is 5.69 Å². The van der Waals surface area contributed by atoms with Gasteiger partial charge in [-0.05, 0) is 33.0 Å². The number of rotatable bonds is 8. The predicted molar refractivity (Wildman–Crippen MR) is 85.1 cm³/mol. The van der Waals surface area contributed by atoms with Gasteiger partial charge >= 0.3 is 0 Å². The van der Waals surface area contributed by atoms with Gasteiger partial charge in [-0.3, -0.25) is 9.69 Å². The van der Waals surface area contributed by atoms with E-state index in [9.17, 15) is 4.79 Å². The van der Waals surface area contributed by atoms with Crippen LogP contribution in [-0.2, 0) is 4.79 Å². The van der Waals surface area contributed by atoms with Crippen LogP contribution in [0.2, 0.25) is 0 Å². The molecule has 1 aromatic carbocycles. The van der Waals surface area contributed by atoms with Gasteiger partial charge in [-0.25, -0.2) is 0 Å². The van der Waals surface area contributed by atoms with Crippen molar-refractivity contribution in [1.29, 1.82) is 0 Å². The Kier molecular flexibility index (Phi) is 7.09. The maximum absolute atomic E-state index is 12.0. The summed E-state index contributed by atoms with van der Waals surface area (Å²) in [6.45, 7) is 7.88. The zero-order valence-corrected chi connectivity index (χ0v) is 13.2. The number of hydrogen-bond donors (Lipinski definition) is 0. The van der Waals surface area contributed by atoms with E-state index in [1.807, 2.05) is 44.0 Å². The summed E-state index contributed by atoms with van der Waals surface area (Å²) in [5.74, 6) is 0.208. The van der Waals surface area contributed by atoms with Crippen LogP contribution in [0.5, 0.6) is 0 Å². The molecule has 0 bridgehead atoms. The fraction of sp³-hybridized carbons (Fsp3) is 0.562. The molecular formula is C16H27N3O. The lowest BCUT2D eigenvalue weighted by molar-refractivity contribution is -0.131. The van der Waals surface area contributed by atoms with Crippen molar-refractivity contribution in [3.63, 3.8) is 0 Å².